The number of carbonyl (C=O) groups excluding carboxylic acids is 1. The molecule has 0 spiro atoms. The molecular formula is C20H41NO9. The van der Waals surface area contributed by atoms with Crippen molar-refractivity contribution in [2.24, 2.45) is 0 Å². The van der Waals surface area contributed by atoms with Crippen LogP contribution in [-0.2, 0) is 42.7 Å². The lowest BCUT2D eigenvalue weighted by atomic mass is 10.4. The normalized spacial score (nSPS) is 13.6. The fraction of sp³-hybridized carbons (Fsp3) is 0.950. The summed E-state index contributed by atoms with van der Waals surface area (Å²) in [6.07, 6.45) is 1.59. The van der Waals surface area contributed by atoms with Crippen LogP contribution in [0.5, 0.6) is 0 Å². The fourth-order valence-electron chi connectivity index (χ4n) is 2.20. The second-order valence-electron chi connectivity index (χ2n) is 6.23. The summed E-state index contributed by atoms with van der Waals surface area (Å²) in [5, 5.41) is 0. The van der Waals surface area contributed by atoms with Crippen LogP contribution in [0, 0.1) is 0 Å². The minimum atomic E-state index is 0.183. The molecule has 1 fully saturated rings. The number of hydrogen-bond donors (Lipinski definition) is 0. The van der Waals surface area contributed by atoms with Gasteiger partial charge >= 0.3 is 0 Å². The summed E-state index contributed by atoms with van der Waals surface area (Å²) in [6, 6.07) is 0. The standard InChI is InChI=1S/C12H23NO5.C8H18O4/c1-15-5-6-16-7-8-17-9-10-18-11-13-4-2-3-12(13)14;1-9-3-5-11-7-8-12-6-4-10-2/h2-11H2,1H3;3-8H2,1-2H3. The quantitative estimate of drug-likeness (QED) is 0.252. The van der Waals surface area contributed by atoms with Gasteiger partial charge in [0.2, 0.25) is 5.91 Å². The molecule has 0 aromatic rings. The van der Waals surface area contributed by atoms with E-state index in [9.17, 15) is 4.79 Å². The summed E-state index contributed by atoms with van der Waals surface area (Å²) in [6.45, 7) is 8.30. The first-order valence-corrected chi connectivity index (χ1v) is 10.4. The number of amides is 1. The summed E-state index contributed by atoms with van der Waals surface area (Å²) in [7, 11) is 4.94. The van der Waals surface area contributed by atoms with Gasteiger partial charge in [0.15, 0.2) is 0 Å². The number of hydrogen-bond acceptors (Lipinski definition) is 9. The van der Waals surface area contributed by atoms with E-state index in [4.69, 9.17) is 37.9 Å². The molecule has 1 heterocycles. The number of rotatable bonds is 20. The van der Waals surface area contributed by atoms with Crippen molar-refractivity contribution in [3.8, 4) is 0 Å². The molecule has 180 valence electrons. The maximum Gasteiger partial charge on any atom is 0.224 e. The summed E-state index contributed by atoms with van der Waals surface area (Å²) in [4.78, 5) is 13.0. The largest absolute Gasteiger partial charge is 0.382 e. The molecule has 1 saturated heterocycles. The predicted molar refractivity (Wildman–Crippen MR) is 111 cm³/mol. The van der Waals surface area contributed by atoms with E-state index < -0.39 is 0 Å². The van der Waals surface area contributed by atoms with E-state index in [2.05, 4.69) is 0 Å². The van der Waals surface area contributed by atoms with Crippen molar-refractivity contribution < 1.29 is 42.7 Å². The van der Waals surface area contributed by atoms with Crippen molar-refractivity contribution in [2.45, 2.75) is 12.8 Å². The molecule has 1 amide bonds. The molecule has 0 N–H and O–H groups in total. The Morgan fingerprint density at radius 3 is 1.30 bits per heavy atom. The first-order chi connectivity index (χ1) is 14.8. The first kappa shape index (κ1) is 29.1. The maximum atomic E-state index is 11.3. The van der Waals surface area contributed by atoms with Gasteiger partial charge in [0.1, 0.15) is 6.73 Å². The molecule has 1 rings (SSSR count). The van der Waals surface area contributed by atoms with Gasteiger partial charge in [-0.25, -0.2) is 0 Å². The Morgan fingerprint density at radius 2 is 0.967 bits per heavy atom. The van der Waals surface area contributed by atoms with Crippen molar-refractivity contribution >= 4 is 5.91 Å². The third-order valence-corrected chi connectivity index (χ3v) is 3.83. The van der Waals surface area contributed by atoms with Gasteiger partial charge in [-0.2, -0.15) is 0 Å². The smallest absolute Gasteiger partial charge is 0.224 e. The number of nitrogens with zero attached hydrogens (tertiary/aromatic N) is 1. The first-order valence-electron chi connectivity index (χ1n) is 10.4. The highest BCUT2D eigenvalue weighted by Crippen LogP contribution is 2.08. The van der Waals surface area contributed by atoms with Crippen LogP contribution >= 0.6 is 0 Å². The molecule has 1 aliphatic heterocycles. The fourth-order valence-corrected chi connectivity index (χ4v) is 2.20. The van der Waals surface area contributed by atoms with Gasteiger partial charge < -0.3 is 42.8 Å². The molecule has 0 aromatic carbocycles. The van der Waals surface area contributed by atoms with Crippen molar-refractivity contribution in [3.63, 3.8) is 0 Å². The average Bonchev–Trinajstić information content (AvgIpc) is 3.16. The van der Waals surface area contributed by atoms with E-state index in [1.165, 1.54) is 0 Å². The lowest BCUT2D eigenvalue weighted by Gasteiger charge is -2.15. The zero-order valence-electron chi connectivity index (χ0n) is 18.9. The van der Waals surface area contributed by atoms with Crippen LogP contribution in [0.25, 0.3) is 0 Å². The molecule has 0 saturated carbocycles. The second-order valence-corrected chi connectivity index (χ2v) is 6.23. The van der Waals surface area contributed by atoms with Gasteiger partial charge in [0.05, 0.1) is 79.3 Å². The number of carbonyl (C=O) groups is 1. The van der Waals surface area contributed by atoms with Gasteiger partial charge in [-0.05, 0) is 6.42 Å². The third-order valence-electron chi connectivity index (χ3n) is 3.83. The van der Waals surface area contributed by atoms with E-state index in [1.807, 2.05) is 0 Å². The summed E-state index contributed by atoms with van der Waals surface area (Å²) in [5.41, 5.74) is 0. The zero-order valence-corrected chi connectivity index (χ0v) is 18.9. The Morgan fingerprint density at radius 1 is 0.600 bits per heavy atom. The van der Waals surface area contributed by atoms with Crippen LogP contribution in [0.1, 0.15) is 12.8 Å². The molecule has 0 bridgehead atoms. The molecule has 0 aliphatic carbocycles. The van der Waals surface area contributed by atoms with Crippen LogP contribution in [0.2, 0.25) is 0 Å². The van der Waals surface area contributed by atoms with Gasteiger partial charge in [-0.3, -0.25) is 4.79 Å². The Bertz CT molecular complexity index is 351. The summed E-state index contributed by atoms with van der Waals surface area (Å²) < 4.78 is 40.7. The Labute approximate surface area is 181 Å². The van der Waals surface area contributed by atoms with E-state index in [0.717, 1.165) is 13.0 Å². The minimum Gasteiger partial charge on any atom is -0.382 e. The minimum absolute atomic E-state index is 0.183. The molecule has 10 nitrogen and oxygen atoms in total. The van der Waals surface area contributed by atoms with Gasteiger partial charge in [0.25, 0.3) is 0 Å². The van der Waals surface area contributed by atoms with Crippen LogP contribution in [-0.4, -0.2) is 125 Å². The van der Waals surface area contributed by atoms with Gasteiger partial charge in [-0.1, -0.05) is 0 Å². The topological polar surface area (TPSA) is 94.2 Å². The van der Waals surface area contributed by atoms with Crippen molar-refractivity contribution in [1.29, 1.82) is 0 Å². The van der Waals surface area contributed by atoms with Crippen molar-refractivity contribution in [1.82, 2.24) is 4.90 Å². The number of likely N-dealkylation sites (tertiary alicyclic amines) is 1. The van der Waals surface area contributed by atoms with Crippen molar-refractivity contribution in [3.05, 3.63) is 0 Å². The molecule has 0 atom stereocenters. The zero-order chi connectivity index (χ0) is 22.1. The van der Waals surface area contributed by atoms with Gasteiger partial charge in [0, 0.05) is 34.3 Å². The molecular weight excluding hydrogens is 398 g/mol. The number of methoxy groups -OCH3 is 3. The van der Waals surface area contributed by atoms with Crippen molar-refractivity contribution in [2.75, 3.05) is 114 Å². The summed E-state index contributed by atoms with van der Waals surface area (Å²) >= 11 is 0. The van der Waals surface area contributed by atoms with E-state index in [0.29, 0.717) is 92.4 Å². The molecule has 30 heavy (non-hydrogen) atoms. The Balaban J connectivity index is 0.000000612. The molecule has 0 aromatic heterocycles. The van der Waals surface area contributed by atoms with Crippen LogP contribution in [0.3, 0.4) is 0 Å². The second kappa shape index (κ2) is 24.4. The monoisotopic (exact) mass is 439 g/mol. The molecule has 10 heteroatoms. The third kappa shape index (κ3) is 20.4. The molecule has 0 unspecified atom stereocenters. The number of ether oxygens (including phenoxy) is 8. The Kier molecular flexibility index (Phi) is 23.7. The predicted octanol–water partition coefficient (Wildman–Crippen LogP) is 0.575. The van der Waals surface area contributed by atoms with Gasteiger partial charge in [-0.15, -0.1) is 0 Å². The van der Waals surface area contributed by atoms with Crippen LogP contribution in [0.4, 0.5) is 0 Å². The Hall–Kier alpha value is -0.850. The molecule has 1 aliphatic rings. The highest BCUT2D eigenvalue weighted by atomic mass is 16.6. The highest BCUT2D eigenvalue weighted by Gasteiger charge is 2.19. The SMILES string of the molecule is COCCOCCOCCOC.COCCOCCOCCOCN1CCCC1=O. The maximum absolute atomic E-state index is 11.3. The lowest BCUT2D eigenvalue weighted by molar-refractivity contribution is -0.133. The highest BCUT2D eigenvalue weighted by molar-refractivity contribution is 5.77. The average molecular weight is 440 g/mol. The molecule has 0 radical (unpaired) electrons. The lowest BCUT2D eigenvalue weighted by Crippen LogP contribution is -2.28. The van der Waals surface area contributed by atoms with Crippen LogP contribution < -0.4 is 0 Å². The van der Waals surface area contributed by atoms with E-state index >= 15 is 0 Å². The van der Waals surface area contributed by atoms with E-state index in [-0.39, 0.29) is 5.91 Å². The summed E-state index contributed by atoms with van der Waals surface area (Å²) in [5.74, 6) is 0.183. The van der Waals surface area contributed by atoms with Crippen LogP contribution in [0.15, 0.2) is 0 Å². The van der Waals surface area contributed by atoms with E-state index in [1.54, 1.807) is 26.2 Å².